The number of carbonyl (C=O) groups is 1. The first-order valence-electron chi connectivity index (χ1n) is 10.2. The largest absolute Gasteiger partial charge is 0.486 e. The van der Waals surface area contributed by atoms with E-state index >= 15 is 0 Å². The van der Waals surface area contributed by atoms with Crippen LogP contribution in [-0.4, -0.2) is 34.3 Å². The topological polar surface area (TPSA) is 99.4 Å². The van der Waals surface area contributed by atoms with Crippen molar-refractivity contribution in [2.24, 2.45) is 0 Å². The summed E-state index contributed by atoms with van der Waals surface area (Å²) in [5.41, 5.74) is 2.61. The number of pyridine rings is 1. The van der Waals surface area contributed by atoms with Crippen molar-refractivity contribution in [1.29, 1.82) is 0 Å². The fourth-order valence-electron chi connectivity index (χ4n) is 3.65. The van der Waals surface area contributed by atoms with Crippen molar-refractivity contribution in [1.82, 2.24) is 15.2 Å². The van der Waals surface area contributed by atoms with Gasteiger partial charge in [-0.25, -0.2) is 4.98 Å². The Kier molecular flexibility index (Phi) is 4.73. The van der Waals surface area contributed by atoms with Crippen molar-refractivity contribution in [3.63, 3.8) is 0 Å². The van der Waals surface area contributed by atoms with Gasteiger partial charge in [0.25, 0.3) is 5.91 Å². The van der Waals surface area contributed by atoms with E-state index in [9.17, 15) is 4.79 Å². The zero-order valence-corrected chi connectivity index (χ0v) is 18.0. The number of nitrogens with zero attached hydrogens (tertiary/aromatic N) is 3. The molecule has 0 saturated carbocycles. The van der Waals surface area contributed by atoms with E-state index < -0.39 is 0 Å². The van der Waals surface area contributed by atoms with Gasteiger partial charge in [-0.2, -0.15) is 0 Å². The van der Waals surface area contributed by atoms with Gasteiger partial charge in [0.05, 0.1) is 21.7 Å². The van der Waals surface area contributed by atoms with Crippen LogP contribution in [0.4, 0.5) is 6.01 Å². The monoisotopic (exact) mass is 456 g/mol. The third-order valence-corrected chi connectivity index (χ3v) is 6.06. The number of benzene rings is 2. The third-order valence-electron chi connectivity index (χ3n) is 5.17. The maximum absolute atomic E-state index is 13.2. The summed E-state index contributed by atoms with van der Waals surface area (Å²) in [5, 5.41) is 13.5. The van der Waals surface area contributed by atoms with Crippen molar-refractivity contribution in [3.8, 4) is 33.5 Å². The number of para-hydroxylation sites is 1. The molecule has 5 aromatic rings. The maximum Gasteiger partial charge on any atom is 0.322 e. The Labute approximate surface area is 191 Å². The van der Waals surface area contributed by atoms with Crippen LogP contribution in [0.3, 0.4) is 0 Å². The number of rotatable bonds is 4. The van der Waals surface area contributed by atoms with Crippen LogP contribution in [0.15, 0.2) is 70.5 Å². The zero-order chi connectivity index (χ0) is 22.2. The maximum atomic E-state index is 13.2. The van der Waals surface area contributed by atoms with Gasteiger partial charge in [-0.15, -0.1) is 16.4 Å². The Balaban J connectivity index is 1.31. The summed E-state index contributed by atoms with van der Waals surface area (Å²) in [6.07, 6.45) is 0. The number of amides is 1. The molecule has 1 amide bonds. The first-order valence-corrected chi connectivity index (χ1v) is 11.1. The number of thiophene rings is 1. The molecular formula is C24H16N4O4S. The van der Waals surface area contributed by atoms with E-state index in [1.165, 1.54) is 0 Å². The molecule has 2 aromatic carbocycles. The number of aromatic nitrogens is 3. The van der Waals surface area contributed by atoms with Crippen LogP contribution in [0.2, 0.25) is 0 Å². The quantitative estimate of drug-likeness (QED) is 0.405. The molecule has 0 aliphatic carbocycles. The molecule has 0 fully saturated rings. The lowest BCUT2D eigenvalue weighted by Crippen LogP contribution is -2.15. The molecule has 1 aliphatic rings. The summed E-state index contributed by atoms with van der Waals surface area (Å²) >= 11 is 1.57. The molecule has 0 unspecified atom stereocenters. The average Bonchev–Trinajstić information content (AvgIpc) is 3.56. The molecule has 0 atom stereocenters. The Morgan fingerprint density at radius 2 is 1.82 bits per heavy atom. The van der Waals surface area contributed by atoms with Crippen LogP contribution < -0.4 is 14.8 Å². The van der Waals surface area contributed by atoms with Gasteiger partial charge >= 0.3 is 6.01 Å². The van der Waals surface area contributed by atoms with E-state index in [1.54, 1.807) is 35.6 Å². The van der Waals surface area contributed by atoms with Gasteiger partial charge in [-0.05, 0) is 41.8 Å². The number of carbonyl (C=O) groups excluding carboxylic acids is 1. The third kappa shape index (κ3) is 3.68. The Morgan fingerprint density at radius 3 is 2.70 bits per heavy atom. The lowest BCUT2D eigenvalue weighted by molar-refractivity contribution is 0.102. The average molecular weight is 456 g/mol. The molecular weight excluding hydrogens is 440 g/mol. The number of ether oxygens (including phenoxy) is 2. The van der Waals surface area contributed by atoms with Gasteiger partial charge in [0.1, 0.15) is 13.2 Å². The summed E-state index contributed by atoms with van der Waals surface area (Å²) < 4.78 is 16.9. The molecule has 3 aromatic heterocycles. The molecule has 9 heteroatoms. The van der Waals surface area contributed by atoms with Crippen LogP contribution in [0, 0.1) is 0 Å². The Bertz CT molecular complexity index is 1480. The fraction of sp³-hybridized carbons (Fsp3) is 0.0833. The summed E-state index contributed by atoms with van der Waals surface area (Å²) in [4.78, 5) is 18.9. The summed E-state index contributed by atoms with van der Waals surface area (Å²) in [6, 6.07) is 18.6. The van der Waals surface area contributed by atoms with Crippen molar-refractivity contribution >= 4 is 34.2 Å². The summed E-state index contributed by atoms with van der Waals surface area (Å²) in [5.74, 6) is 1.20. The fourth-order valence-corrected chi connectivity index (χ4v) is 4.33. The first-order chi connectivity index (χ1) is 16.2. The van der Waals surface area contributed by atoms with Crippen molar-refractivity contribution < 1.29 is 18.7 Å². The van der Waals surface area contributed by atoms with Crippen LogP contribution in [0.1, 0.15) is 10.4 Å². The molecule has 162 valence electrons. The number of anilines is 1. The zero-order valence-electron chi connectivity index (χ0n) is 17.1. The predicted octanol–water partition coefficient (Wildman–Crippen LogP) is 5.04. The standard InChI is InChI=1S/C24H16N4O4S/c29-22(16-13-18(21-6-3-11-33-21)25-17-5-2-1-4-15(16)17)26-24-28-27-23(32-24)14-7-8-19-20(12-14)31-10-9-30-19/h1-8,11-13H,9-10H2,(H,26,28,29). The van der Waals surface area contributed by atoms with E-state index in [4.69, 9.17) is 18.9 Å². The Hall–Kier alpha value is -4.24. The molecule has 33 heavy (non-hydrogen) atoms. The minimum atomic E-state index is -0.358. The highest BCUT2D eigenvalue weighted by atomic mass is 32.1. The van der Waals surface area contributed by atoms with Gasteiger partial charge < -0.3 is 13.9 Å². The molecule has 0 bridgehead atoms. The highest BCUT2D eigenvalue weighted by molar-refractivity contribution is 7.13. The highest BCUT2D eigenvalue weighted by Crippen LogP contribution is 2.34. The minimum absolute atomic E-state index is 0.00320. The van der Waals surface area contributed by atoms with Gasteiger partial charge in [-0.1, -0.05) is 29.4 Å². The van der Waals surface area contributed by atoms with Crippen LogP contribution in [0.5, 0.6) is 11.5 Å². The minimum Gasteiger partial charge on any atom is -0.486 e. The SMILES string of the molecule is O=C(Nc1nnc(-c2ccc3c(c2)OCCO3)o1)c1cc(-c2cccs2)nc2ccccc12. The molecule has 6 rings (SSSR count). The summed E-state index contributed by atoms with van der Waals surface area (Å²) in [6.45, 7) is 0.996. The number of hydrogen-bond acceptors (Lipinski definition) is 8. The second-order valence-electron chi connectivity index (χ2n) is 7.27. The molecule has 4 heterocycles. The second kappa shape index (κ2) is 8.03. The predicted molar refractivity (Wildman–Crippen MR) is 124 cm³/mol. The van der Waals surface area contributed by atoms with Crippen molar-refractivity contribution in [2.75, 3.05) is 18.5 Å². The lowest BCUT2D eigenvalue weighted by Gasteiger charge is -2.18. The van der Waals surface area contributed by atoms with E-state index in [0.717, 1.165) is 21.5 Å². The molecule has 0 spiro atoms. The lowest BCUT2D eigenvalue weighted by atomic mass is 10.1. The van der Waals surface area contributed by atoms with E-state index in [-0.39, 0.29) is 17.8 Å². The van der Waals surface area contributed by atoms with E-state index in [2.05, 4.69) is 15.5 Å². The number of hydrogen-bond donors (Lipinski definition) is 1. The molecule has 0 radical (unpaired) electrons. The molecule has 1 N–H and O–H groups in total. The summed E-state index contributed by atoms with van der Waals surface area (Å²) in [7, 11) is 0. The normalized spacial score (nSPS) is 12.6. The molecule has 8 nitrogen and oxygen atoms in total. The van der Waals surface area contributed by atoms with Gasteiger partial charge in [0.2, 0.25) is 5.89 Å². The van der Waals surface area contributed by atoms with E-state index in [1.807, 2.05) is 41.8 Å². The van der Waals surface area contributed by atoms with E-state index in [0.29, 0.717) is 35.8 Å². The van der Waals surface area contributed by atoms with Gasteiger partial charge in [-0.3, -0.25) is 10.1 Å². The smallest absolute Gasteiger partial charge is 0.322 e. The first kappa shape index (κ1) is 19.4. The number of fused-ring (bicyclic) bond motifs is 2. The van der Waals surface area contributed by atoms with Crippen LogP contribution in [0.25, 0.3) is 32.9 Å². The molecule has 1 aliphatic heterocycles. The number of nitrogens with one attached hydrogen (secondary N) is 1. The van der Waals surface area contributed by atoms with Gasteiger partial charge in [0.15, 0.2) is 11.5 Å². The highest BCUT2D eigenvalue weighted by Gasteiger charge is 2.19. The molecule has 0 saturated heterocycles. The van der Waals surface area contributed by atoms with Crippen LogP contribution >= 0.6 is 11.3 Å². The Morgan fingerprint density at radius 1 is 0.939 bits per heavy atom. The van der Waals surface area contributed by atoms with Crippen molar-refractivity contribution in [3.05, 3.63) is 71.6 Å². The van der Waals surface area contributed by atoms with Crippen molar-refractivity contribution in [2.45, 2.75) is 0 Å². The van der Waals surface area contributed by atoms with Gasteiger partial charge in [0, 0.05) is 10.9 Å². The second-order valence-corrected chi connectivity index (χ2v) is 8.22. The van der Waals surface area contributed by atoms with Crippen LogP contribution in [-0.2, 0) is 0 Å².